The summed E-state index contributed by atoms with van der Waals surface area (Å²) in [5, 5.41) is 7.12. The van der Waals surface area contributed by atoms with Gasteiger partial charge in [0.05, 0.1) is 31.1 Å². The molecule has 3 rings (SSSR count). The molecule has 8 nitrogen and oxygen atoms in total. The maximum absolute atomic E-state index is 11.8. The van der Waals surface area contributed by atoms with Crippen molar-refractivity contribution in [1.82, 2.24) is 9.21 Å². The first-order chi connectivity index (χ1) is 13.9. The molecule has 3 atom stereocenters. The molecular weight excluding hydrogens is 429 g/mol. The number of halogens is 3. The molecule has 1 N–H and O–H groups in total. The van der Waals surface area contributed by atoms with Crippen molar-refractivity contribution in [2.75, 3.05) is 46.2 Å². The van der Waals surface area contributed by atoms with Gasteiger partial charge in [-0.25, -0.2) is 13.2 Å². The Bertz CT molecular complexity index is 667. The molecule has 12 heteroatoms. The number of aliphatic carboxylic acids is 1. The van der Waals surface area contributed by atoms with Crippen molar-refractivity contribution in [1.29, 1.82) is 0 Å². The molecule has 0 bridgehead atoms. The number of likely N-dealkylation sites (tertiary alicyclic amines) is 1. The number of sulfonamides is 1. The highest BCUT2D eigenvalue weighted by Crippen LogP contribution is 2.33. The van der Waals surface area contributed by atoms with Crippen LogP contribution in [0.5, 0.6) is 0 Å². The van der Waals surface area contributed by atoms with Crippen LogP contribution in [-0.2, 0) is 24.3 Å². The van der Waals surface area contributed by atoms with Crippen LogP contribution in [0, 0.1) is 5.92 Å². The molecule has 0 amide bonds. The third kappa shape index (κ3) is 7.63. The highest BCUT2D eigenvalue weighted by atomic mass is 32.2. The van der Waals surface area contributed by atoms with E-state index < -0.39 is 22.2 Å². The van der Waals surface area contributed by atoms with Crippen molar-refractivity contribution < 1.29 is 41.0 Å². The van der Waals surface area contributed by atoms with Crippen molar-refractivity contribution in [2.45, 2.75) is 56.5 Å². The second kappa shape index (κ2) is 10.6. The van der Waals surface area contributed by atoms with E-state index in [1.54, 1.807) is 4.31 Å². The van der Waals surface area contributed by atoms with Crippen LogP contribution in [0.1, 0.15) is 32.1 Å². The summed E-state index contributed by atoms with van der Waals surface area (Å²) in [6.45, 7) is 4.40. The quantitative estimate of drug-likeness (QED) is 0.665. The van der Waals surface area contributed by atoms with Gasteiger partial charge < -0.3 is 19.5 Å². The molecule has 0 saturated carbocycles. The smallest absolute Gasteiger partial charge is 0.475 e. The zero-order valence-electron chi connectivity index (χ0n) is 17.3. The standard InChI is InChI=1S/C16H30N2O4S.C2HF3O2/c1-17-8-5-13(6-9-17)11-21-12-14-3-4-15-16(22-14)7-10-18(15)23(2,19)20;3-2(4,5)1(6)7/h13-16H,3-12H2,1-2H3;(H,6,7)/t14-,15+,16+;/m1./s1. The molecule has 0 spiro atoms. The molecule has 176 valence electrons. The molecule has 0 aromatic heterocycles. The Kier molecular flexibility index (Phi) is 8.92. The fourth-order valence-corrected chi connectivity index (χ4v) is 5.26. The largest absolute Gasteiger partial charge is 0.490 e. The number of piperidine rings is 1. The van der Waals surface area contributed by atoms with E-state index in [1.807, 2.05) is 0 Å². The minimum atomic E-state index is -5.08. The van der Waals surface area contributed by atoms with Gasteiger partial charge in [0.25, 0.3) is 0 Å². The molecule has 0 unspecified atom stereocenters. The van der Waals surface area contributed by atoms with Crippen molar-refractivity contribution in [3.63, 3.8) is 0 Å². The number of fused-ring (bicyclic) bond motifs is 1. The number of carbonyl (C=O) groups is 1. The third-order valence-corrected chi connectivity index (χ3v) is 7.05. The molecule has 3 saturated heterocycles. The second-order valence-corrected chi connectivity index (χ2v) is 10.1. The molecule has 0 aromatic carbocycles. The molecule has 0 radical (unpaired) electrons. The fraction of sp³-hybridized carbons (Fsp3) is 0.944. The van der Waals surface area contributed by atoms with E-state index in [0.29, 0.717) is 19.1 Å². The van der Waals surface area contributed by atoms with Crippen LogP contribution < -0.4 is 0 Å². The molecule has 3 heterocycles. The number of carboxylic acids is 1. The second-order valence-electron chi connectivity index (χ2n) is 8.19. The van der Waals surface area contributed by atoms with Crippen LogP contribution in [-0.4, -0.2) is 99.3 Å². The predicted octanol–water partition coefficient (Wildman–Crippen LogP) is 1.56. The van der Waals surface area contributed by atoms with E-state index in [0.717, 1.165) is 25.9 Å². The van der Waals surface area contributed by atoms with Crippen molar-refractivity contribution in [3.05, 3.63) is 0 Å². The van der Waals surface area contributed by atoms with Gasteiger partial charge in [0.1, 0.15) is 0 Å². The Morgan fingerprint density at radius 1 is 1.10 bits per heavy atom. The lowest BCUT2D eigenvalue weighted by Crippen LogP contribution is -2.45. The number of ether oxygens (including phenoxy) is 2. The highest BCUT2D eigenvalue weighted by molar-refractivity contribution is 7.88. The minimum absolute atomic E-state index is 0.0372. The number of hydrogen-bond donors (Lipinski definition) is 1. The van der Waals surface area contributed by atoms with Crippen LogP contribution >= 0.6 is 0 Å². The molecular formula is C18H31F3N2O6S. The van der Waals surface area contributed by atoms with Crippen molar-refractivity contribution >= 4 is 16.0 Å². The molecule has 3 aliphatic rings. The third-order valence-electron chi connectivity index (χ3n) is 5.75. The Morgan fingerprint density at radius 2 is 1.70 bits per heavy atom. The molecule has 30 heavy (non-hydrogen) atoms. The minimum Gasteiger partial charge on any atom is -0.475 e. The van der Waals surface area contributed by atoms with Gasteiger partial charge in [-0.3, -0.25) is 0 Å². The van der Waals surface area contributed by atoms with E-state index in [-0.39, 0.29) is 18.2 Å². The van der Waals surface area contributed by atoms with Crippen LogP contribution in [0.15, 0.2) is 0 Å². The predicted molar refractivity (Wildman–Crippen MR) is 103 cm³/mol. The number of nitrogens with zero attached hydrogens (tertiary/aromatic N) is 2. The van der Waals surface area contributed by atoms with Crippen molar-refractivity contribution in [2.24, 2.45) is 5.92 Å². The van der Waals surface area contributed by atoms with E-state index in [9.17, 15) is 21.6 Å². The molecule has 0 aliphatic carbocycles. The monoisotopic (exact) mass is 460 g/mol. The SMILES string of the molecule is CN1CCC(COC[C@H]2CC[C@H]3[C@H](CCN3S(C)(=O)=O)O2)CC1.O=C(O)C(F)(F)F. The number of rotatable bonds is 5. The number of hydrogen-bond acceptors (Lipinski definition) is 6. The summed E-state index contributed by atoms with van der Waals surface area (Å²) < 4.78 is 68.9. The fourth-order valence-electron chi connectivity index (χ4n) is 4.09. The lowest BCUT2D eigenvalue weighted by molar-refractivity contribution is -0.192. The maximum Gasteiger partial charge on any atom is 0.490 e. The number of carboxylic acid groups (broad SMARTS) is 1. The van der Waals surface area contributed by atoms with E-state index in [4.69, 9.17) is 19.4 Å². The van der Waals surface area contributed by atoms with E-state index >= 15 is 0 Å². The molecule has 3 aliphatic heterocycles. The zero-order valence-corrected chi connectivity index (χ0v) is 18.1. The Balaban J connectivity index is 0.000000396. The van der Waals surface area contributed by atoms with Gasteiger partial charge in [-0.05, 0) is 58.2 Å². The first kappa shape index (κ1) is 25.3. The average molecular weight is 461 g/mol. The normalized spacial score (nSPS) is 29.2. The lowest BCUT2D eigenvalue weighted by Gasteiger charge is -2.35. The van der Waals surface area contributed by atoms with Gasteiger partial charge in [-0.2, -0.15) is 17.5 Å². The summed E-state index contributed by atoms with van der Waals surface area (Å²) in [6.07, 6.45) is 1.42. The number of alkyl halides is 3. The van der Waals surface area contributed by atoms with Gasteiger partial charge in [0, 0.05) is 13.2 Å². The lowest BCUT2D eigenvalue weighted by atomic mass is 9.98. The zero-order chi connectivity index (χ0) is 22.5. The summed E-state index contributed by atoms with van der Waals surface area (Å²) in [5.74, 6) is -2.08. The van der Waals surface area contributed by atoms with E-state index in [1.165, 1.54) is 32.2 Å². The average Bonchev–Trinajstić information content (AvgIpc) is 3.07. The molecule has 0 aromatic rings. The summed E-state index contributed by atoms with van der Waals surface area (Å²) in [4.78, 5) is 11.3. The van der Waals surface area contributed by atoms with Gasteiger partial charge in [0.2, 0.25) is 10.0 Å². The van der Waals surface area contributed by atoms with Gasteiger partial charge >= 0.3 is 12.1 Å². The van der Waals surface area contributed by atoms with Crippen molar-refractivity contribution in [3.8, 4) is 0 Å². The van der Waals surface area contributed by atoms with Crippen LogP contribution in [0.4, 0.5) is 13.2 Å². The van der Waals surface area contributed by atoms with Gasteiger partial charge in [-0.15, -0.1) is 0 Å². The van der Waals surface area contributed by atoms with E-state index in [2.05, 4.69) is 11.9 Å². The van der Waals surface area contributed by atoms with Crippen LogP contribution in [0.25, 0.3) is 0 Å². The van der Waals surface area contributed by atoms with Crippen LogP contribution in [0.2, 0.25) is 0 Å². The summed E-state index contributed by atoms with van der Waals surface area (Å²) >= 11 is 0. The summed E-state index contributed by atoms with van der Waals surface area (Å²) in [7, 11) is -0.937. The first-order valence-corrected chi connectivity index (χ1v) is 11.9. The maximum atomic E-state index is 11.8. The summed E-state index contributed by atoms with van der Waals surface area (Å²) in [5.41, 5.74) is 0. The highest BCUT2D eigenvalue weighted by Gasteiger charge is 2.43. The Labute approximate surface area is 175 Å². The summed E-state index contributed by atoms with van der Waals surface area (Å²) in [6, 6.07) is 0.0372. The first-order valence-electron chi connectivity index (χ1n) is 10.1. The topological polar surface area (TPSA) is 96.4 Å². The Hall–Kier alpha value is -0.950. The van der Waals surface area contributed by atoms with Crippen LogP contribution in [0.3, 0.4) is 0 Å². The molecule has 3 fully saturated rings. The Morgan fingerprint density at radius 3 is 2.23 bits per heavy atom. The van der Waals surface area contributed by atoms with Gasteiger partial charge in [-0.1, -0.05) is 0 Å². The van der Waals surface area contributed by atoms with Gasteiger partial charge in [0.15, 0.2) is 0 Å².